The third-order valence-electron chi connectivity index (χ3n) is 3.40. The van der Waals surface area contributed by atoms with Crippen molar-refractivity contribution in [1.82, 2.24) is 15.3 Å². The maximum absolute atomic E-state index is 12.1. The van der Waals surface area contributed by atoms with Crippen LogP contribution < -0.4 is 10.6 Å². The highest BCUT2D eigenvalue weighted by atomic mass is 35.5. The fraction of sp³-hybridized carbons (Fsp3) is 0.0556. The molecule has 0 saturated heterocycles. The van der Waals surface area contributed by atoms with E-state index in [4.69, 9.17) is 23.2 Å². The molecule has 0 bridgehead atoms. The van der Waals surface area contributed by atoms with Gasteiger partial charge in [0.1, 0.15) is 11.5 Å². The summed E-state index contributed by atoms with van der Waals surface area (Å²) in [5.41, 5.74) is 1.90. The van der Waals surface area contributed by atoms with Crippen LogP contribution >= 0.6 is 23.2 Å². The van der Waals surface area contributed by atoms with Gasteiger partial charge in [0.15, 0.2) is 0 Å². The van der Waals surface area contributed by atoms with E-state index in [0.29, 0.717) is 22.4 Å². The summed E-state index contributed by atoms with van der Waals surface area (Å²) in [6, 6.07) is 14.5. The van der Waals surface area contributed by atoms with Crippen LogP contribution in [0.1, 0.15) is 16.1 Å². The molecule has 0 aliphatic rings. The first-order chi connectivity index (χ1) is 12.1. The normalized spacial score (nSPS) is 10.3. The molecule has 1 amide bonds. The van der Waals surface area contributed by atoms with Gasteiger partial charge >= 0.3 is 0 Å². The second-order valence-electron chi connectivity index (χ2n) is 5.19. The molecule has 5 nitrogen and oxygen atoms in total. The number of halogens is 2. The Labute approximate surface area is 155 Å². The minimum absolute atomic E-state index is 0.230. The standard InChI is InChI=1S/C18H14Cl2N4O/c19-13-5-7-14(8-6-13)24-17-11-21-16(10-22-17)18(25)23-9-12-3-1-2-4-15(12)20/h1-8,10-11H,9H2,(H,22,24)(H,23,25). The molecule has 0 fully saturated rings. The van der Waals surface area contributed by atoms with Crippen molar-refractivity contribution >= 4 is 40.6 Å². The number of rotatable bonds is 5. The Hall–Kier alpha value is -2.63. The molecule has 25 heavy (non-hydrogen) atoms. The second-order valence-corrected chi connectivity index (χ2v) is 6.04. The van der Waals surface area contributed by atoms with Crippen molar-refractivity contribution in [3.63, 3.8) is 0 Å². The van der Waals surface area contributed by atoms with Gasteiger partial charge in [0, 0.05) is 22.3 Å². The van der Waals surface area contributed by atoms with Crippen LogP contribution in [0.15, 0.2) is 60.9 Å². The van der Waals surface area contributed by atoms with Crippen molar-refractivity contribution in [2.75, 3.05) is 5.32 Å². The van der Waals surface area contributed by atoms with Gasteiger partial charge in [0.2, 0.25) is 0 Å². The predicted molar refractivity (Wildman–Crippen MR) is 99.4 cm³/mol. The summed E-state index contributed by atoms with van der Waals surface area (Å²) in [6.07, 6.45) is 2.92. The summed E-state index contributed by atoms with van der Waals surface area (Å²) in [4.78, 5) is 20.5. The molecule has 3 aromatic rings. The first-order valence-corrected chi connectivity index (χ1v) is 8.23. The minimum Gasteiger partial charge on any atom is -0.347 e. The summed E-state index contributed by atoms with van der Waals surface area (Å²) in [5, 5.41) is 7.11. The molecule has 1 heterocycles. The van der Waals surface area contributed by atoms with Crippen LogP contribution in [0.5, 0.6) is 0 Å². The van der Waals surface area contributed by atoms with Crippen molar-refractivity contribution in [2.45, 2.75) is 6.54 Å². The third-order valence-corrected chi connectivity index (χ3v) is 4.02. The Morgan fingerprint density at radius 3 is 2.40 bits per heavy atom. The average molecular weight is 373 g/mol. The molecule has 126 valence electrons. The Balaban J connectivity index is 1.60. The van der Waals surface area contributed by atoms with Crippen LogP contribution in [0, 0.1) is 0 Å². The minimum atomic E-state index is -0.314. The van der Waals surface area contributed by atoms with E-state index < -0.39 is 0 Å². The fourth-order valence-electron chi connectivity index (χ4n) is 2.10. The maximum Gasteiger partial charge on any atom is 0.271 e. The number of benzene rings is 2. The van der Waals surface area contributed by atoms with Gasteiger partial charge in [-0.2, -0.15) is 0 Å². The number of nitrogens with one attached hydrogen (secondary N) is 2. The average Bonchev–Trinajstić information content (AvgIpc) is 2.63. The van der Waals surface area contributed by atoms with Crippen LogP contribution in [0.4, 0.5) is 11.5 Å². The van der Waals surface area contributed by atoms with Gasteiger partial charge < -0.3 is 10.6 Å². The summed E-state index contributed by atoms with van der Waals surface area (Å²) < 4.78 is 0. The van der Waals surface area contributed by atoms with Gasteiger partial charge in [-0.15, -0.1) is 0 Å². The Kier molecular flexibility index (Phi) is 5.48. The molecule has 0 aliphatic carbocycles. The van der Waals surface area contributed by atoms with Crippen LogP contribution in [-0.2, 0) is 6.54 Å². The van der Waals surface area contributed by atoms with Crippen molar-refractivity contribution in [3.8, 4) is 0 Å². The zero-order chi connectivity index (χ0) is 17.6. The zero-order valence-corrected chi connectivity index (χ0v) is 14.6. The van der Waals surface area contributed by atoms with Crippen molar-refractivity contribution in [2.24, 2.45) is 0 Å². The number of anilines is 2. The third kappa shape index (κ3) is 4.68. The maximum atomic E-state index is 12.1. The molecule has 0 saturated carbocycles. The van der Waals surface area contributed by atoms with Crippen LogP contribution in [0.25, 0.3) is 0 Å². The van der Waals surface area contributed by atoms with E-state index in [2.05, 4.69) is 20.6 Å². The van der Waals surface area contributed by atoms with E-state index in [1.807, 2.05) is 30.3 Å². The summed E-state index contributed by atoms with van der Waals surface area (Å²) in [7, 11) is 0. The molecule has 0 unspecified atom stereocenters. The van der Waals surface area contributed by atoms with Gasteiger partial charge in [0.25, 0.3) is 5.91 Å². The number of amides is 1. The van der Waals surface area contributed by atoms with Crippen LogP contribution in [0.2, 0.25) is 10.0 Å². The molecule has 7 heteroatoms. The van der Waals surface area contributed by atoms with E-state index in [0.717, 1.165) is 11.3 Å². The van der Waals surface area contributed by atoms with Gasteiger partial charge in [-0.1, -0.05) is 41.4 Å². The number of nitrogens with zero attached hydrogens (tertiary/aromatic N) is 2. The second kappa shape index (κ2) is 7.96. The molecule has 2 N–H and O–H groups in total. The Morgan fingerprint density at radius 2 is 1.72 bits per heavy atom. The lowest BCUT2D eigenvalue weighted by atomic mass is 10.2. The molecule has 0 spiro atoms. The van der Waals surface area contributed by atoms with Crippen molar-refractivity contribution < 1.29 is 4.79 Å². The highest BCUT2D eigenvalue weighted by Gasteiger charge is 2.09. The van der Waals surface area contributed by atoms with E-state index >= 15 is 0 Å². The predicted octanol–water partition coefficient (Wildman–Crippen LogP) is 4.46. The van der Waals surface area contributed by atoms with E-state index in [9.17, 15) is 4.79 Å². The number of hydrogen-bond acceptors (Lipinski definition) is 4. The number of aromatic nitrogens is 2. The summed E-state index contributed by atoms with van der Waals surface area (Å²) in [6.45, 7) is 0.324. The number of hydrogen-bond donors (Lipinski definition) is 2. The largest absolute Gasteiger partial charge is 0.347 e. The molecule has 1 aromatic heterocycles. The molecule has 3 rings (SSSR count). The molecular formula is C18H14Cl2N4O. The van der Waals surface area contributed by atoms with Gasteiger partial charge in [-0.25, -0.2) is 9.97 Å². The Morgan fingerprint density at radius 1 is 0.960 bits per heavy atom. The van der Waals surface area contributed by atoms with Crippen LogP contribution in [0.3, 0.4) is 0 Å². The molecule has 0 aliphatic heterocycles. The van der Waals surface area contributed by atoms with E-state index in [-0.39, 0.29) is 11.6 Å². The number of carbonyl (C=O) groups is 1. The van der Waals surface area contributed by atoms with Gasteiger partial charge in [-0.3, -0.25) is 4.79 Å². The van der Waals surface area contributed by atoms with Crippen molar-refractivity contribution in [3.05, 3.63) is 82.2 Å². The van der Waals surface area contributed by atoms with Crippen molar-refractivity contribution in [1.29, 1.82) is 0 Å². The SMILES string of the molecule is O=C(NCc1ccccc1Cl)c1cnc(Nc2ccc(Cl)cc2)cn1. The Bertz CT molecular complexity index is 867. The summed E-state index contributed by atoms with van der Waals surface area (Å²) >= 11 is 11.9. The van der Waals surface area contributed by atoms with Gasteiger partial charge in [-0.05, 0) is 35.9 Å². The molecule has 0 atom stereocenters. The van der Waals surface area contributed by atoms with Crippen LogP contribution in [-0.4, -0.2) is 15.9 Å². The topological polar surface area (TPSA) is 66.9 Å². The van der Waals surface area contributed by atoms with E-state index in [1.165, 1.54) is 12.4 Å². The zero-order valence-electron chi connectivity index (χ0n) is 13.0. The monoisotopic (exact) mass is 372 g/mol. The quantitative estimate of drug-likeness (QED) is 0.693. The lowest BCUT2D eigenvalue weighted by molar-refractivity contribution is 0.0945. The smallest absolute Gasteiger partial charge is 0.271 e. The first-order valence-electron chi connectivity index (χ1n) is 7.48. The highest BCUT2D eigenvalue weighted by molar-refractivity contribution is 6.31. The van der Waals surface area contributed by atoms with Gasteiger partial charge in [0.05, 0.1) is 12.4 Å². The van der Waals surface area contributed by atoms with E-state index in [1.54, 1.807) is 18.2 Å². The number of carbonyl (C=O) groups excluding carboxylic acids is 1. The molecule has 0 radical (unpaired) electrons. The fourth-order valence-corrected chi connectivity index (χ4v) is 2.43. The summed E-state index contributed by atoms with van der Waals surface area (Å²) in [5.74, 6) is 0.218. The lowest BCUT2D eigenvalue weighted by Gasteiger charge is -2.08. The molecule has 2 aromatic carbocycles. The molecular weight excluding hydrogens is 359 g/mol. The first kappa shape index (κ1) is 17.2. The lowest BCUT2D eigenvalue weighted by Crippen LogP contribution is -2.24. The highest BCUT2D eigenvalue weighted by Crippen LogP contribution is 2.17.